The Kier molecular flexibility index (Phi) is 2.77. The number of para-hydroxylation sites is 1. The van der Waals surface area contributed by atoms with Crippen LogP contribution in [0.5, 0.6) is 0 Å². The van der Waals surface area contributed by atoms with Crippen LogP contribution in [0.3, 0.4) is 0 Å². The fraction of sp³-hybridized carbons (Fsp3) is 0. The highest BCUT2D eigenvalue weighted by Crippen LogP contribution is 2.30. The van der Waals surface area contributed by atoms with Crippen molar-refractivity contribution in [1.82, 2.24) is 4.98 Å². The number of rotatable bonds is 1. The Labute approximate surface area is 113 Å². The molecule has 1 heterocycles. The number of aromatic nitrogens is 1. The molecule has 1 aromatic heterocycles. The van der Waals surface area contributed by atoms with E-state index in [9.17, 15) is 0 Å². The Morgan fingerprint density at radius 1 is 1.12 bits per heavy atom. The molecular weight excluding hydrogens is 293 g/mol. The number of thiazole rings is 1. The third-order valence-electron chi connectivity index (χ3n) is 2.58. The largest absolute Gasteiger partial charge is 0.236 e. The third kappa shape index (κ3) is 2.15. The van der Waals surface area contributed by atoms with E-state index in [2.05, 4.69) is 65.2 Å². The second-order valence-corrected chi connectivity index (χ2v) is 5.95. The Morgan fingerprint density at radius 3 is 2.71 bits per heavy atom. The number of nitrogens with zero attached hydrogens (tertiary/aromatic N) is 1. The summed E-state index contributed by atoms with van der Waals surface area (Å²) in [5.41, 5.74) is 3.50. The lowest BCUT2D eigenvalue weighted by Crippen LogP contribution is -2.01. The predicted molar refractivity (Wildman–Crippen MR) is 80.9 cm³/mol. The van der Waals surface area contributed by atoms with Crippen LogP contribution in [-0.2, 0) is 0 Å². The van der Waals surface area contributed by atoms with Crippen molar-refractivity contribution in [1.29, 1.82) is 0 Å². The summed E-state index contributed by atoms with van der Waals surface area (Å²) in [5.74, 6) is 0. The van der Waals surface area contributed by atoms with E-state index in [1.165, 1.54) is 15.7 Å². The first kappa shape index (κ1) is 11.0. The minimum atomic E-state index is 1.07. The fourth-order valence-corrected chi connectivity index (χ4v) is 3.42. The topological polar surface area (TPSA) is 12.9 Å². The first-order valence-corrected chi connectivity index (χ1v) is 6.96. The number of benzene rings is 2. The maximum atomic E-state index is 4.66. The van der Waals surface area contributed by atoms with E-state index in [4.69, 9.17) is 0 Å². The van der Waals surface area contributed by atoms with E-state index < -0.39 is 0 Å². The highest BCUT2D eigenvalue weighted by Gasteiger charge is 2.06. The van der Waals surface area contributed by atoms with Crippen molar-refractivity contribution in [3.05, 3.63) is 46.9 Å². The van der Waals surface area contributed by atoms with Crippen LogP contribution in [0.15, 0.2) is 46.9 Å². The van der Waals surface area contributed by atoms with Crippen LogP contribution in [0.4, 0.5) is 0 Å². The third-order valence-corrected chi connectivity index (χ3v) is 4.13. The van der Waals surface area contributed by atoms with Gasteiger partial charge in [-0.3, -0.25) is 0 Å². The van der Waals surface area contributed by atoms with Gasteiger partial charge in [0.15, 0.2) is 0 Å². The normalized spacial score (nSPS) is 10.9. The molecule has 3 aromatic rings. The lowest BCUT2D eigenvalue weighted by molar-refractivity contribution is 1.48. The molecule has 0 unspecified atom stereocenters. The smallest absolute Gasteiger partial charge is 0.139 e. The van der Waals surface area contributed by atoms with E-state index in [1.807, 2.05) is 6.07 Å². The van der Waals surface area contributed by atoms with Crippen molar-refractivity contribution < 1.29 is 0 Å². The molecule has 0 aliphatic carbocycles. The van der Waals surface area contributed by atoms with Crippen molar-refractivity contribution in [2.75, 3.05) is 0 Å². The van der Waals surface area contributed by atoms with E-state index in [1.54, 1.807) is 11.3 Å². The van der Waals surface area contributed by atoms with Gasteiger partial charge in [0, 0.05) is 10.0 Å². The lowest BCUT2D eigenvalue weighted by atomic mass is 9.95. The first-order valence-electron chi connectivity index (χ1n) is 5.35. The zero-order valence-corrected chi connectivity index (χ0v) is 11.7. The summed E-state index contributed by atoms with van der Waals surface area (Å²) >= 11 is 5.27. The maximum absolute atomic E-state index is 4.66. The standard InChI is InChI=1S/C13H9BBrNS/c14-9-5-8(6-10(15)7-9)13-16-11-3-1-2-4-12(11)17-13/h1-7H,14H2. The Morgan fingerprint density at radius 2 is 1.94 bits per heavy atom. The van der Waals surface area contributed by atoms with Crippen LogP contribution in [0.2, 0.25) is 0 Å². The van der Waals surface area contributed by atoms with Gasteiger partial charge in [-0.15, -0.1) is 11.3 Å². The Hall–Kier alpha value is -1.13. The van der Waals surface area contributed by atoms with Gasteiger partial charge < -0.3 is 0 Å². The van der Waals surface area contributed by atoms with Gasteiger partial charge in [0.1, 0.15) is 12.9 Å². The molecule has 17 heavy (non-hydrogen) atoms. The Bertz CT molecular complexity index is 639. The molecular formula is C13H9BBrNS. The molecule has 0 aliphatic heterocycles. The summed E-state index contributed by atoms with van der Waals surface area (Å²) in [4.78, 5) is 4.66. The van der Waals surface area contributed by atoms with Gasteiger partial charge in [-0.2, -0.15) is 0 Å². The fourth-order valence-electron chi connectivity index (χ4n) is 1.86. The number of hydrogen-bond acceptors (Lipinski definition) is 2. The summed E-state index contributed by atoms with van der Waals surface area (Å²) in [5, 5.41) is 1.08. The minimum absolute atomic E-state index is 1.07. The van der Waals surface area contributed by atoms with Crippen LogP contribution >= 0.6 is 27.3 Å². The highest BCUT2D eigenvalue weighted by atomic mass is 79.9. The number of halogens is 1. The van der Waals surface area contributed by atoms with Crippen molar-refractivity contribution in [3.63, 3.8) is 0 Å². The molecule has 0 bridgehead atoms. The minimum Gasteiger partial charge on any atom is -0.236 e. The van der Waals surface area contributed by atoms with Gasteiger partial charge in [0.05, 0.1) is 10.2 Å². The van der Waals surface area contributed by atoms with Gasteiger partial charge >= 0.3 is 0 Å². The van der Waals surface area contributed by atoms with Crippen LogP contribution < -0.4 is 5.46 Å². The lowest BCUT2D eigenvalue weighted by Gasteiger charge is -2.00. The predicted octanol–water partition coefficient (Wildman–Crippen LogP) is 2.98. The van der Waals surface area contributed by atoms with Crippen LogP contribution in [0, 0.1) is 0 Å². The molecule has 0 fully saturated rings. The highest BCUT2D eigenvalue weighted by molar-refractivity contribution is 9.10. The number of hydrogen-bond donors (Lipinski definition) is 0. The van der Waals surface area contributed by atoms with Crippen LogP contribution in [0.25, 0.3) is 20.8 Å². The first-order chi connectivity index (χ1) is 8.22. The molecule has 0 saturated carbocycles. The van der Waals surface area contributed by atoms with Crippen LogP contribution in [-0.4, -0.2) is 12.8 Å². The average Bonchev–Trinajstić information content (AvgIpc) is 2.71. The molecule has 0 saturated heterocycles. The summed E-state index contributed by atoms with van der Waals surface area (Å²) < 4.78 is 2.34. The molecule has 82 valence electrons. The second-order valence-electron chi connectivity index (χ2n) is 4.00. The van der Waals surface area contributed by atoms with Crippen molar-refractivity contribution >= 4 is 50.8 Å². The monoisotopic (exact) mass is 301 g/mol. The molecule has 3 rings (SSSR count). The molecule has 0 N–H and O–H groups in total. The van der Waals surface area contributed by atoms with E-state index >= 15 is 0 Å². The average molecular weight is 302 g/mol. The number of fused-ring (bicyclic) bond motifs is 1. The summed E-state index contributed by atoms with van der Waals surface area (Å²) in [6.45, 7) is 0. The molecule has 0 atom stereocenters. The van der Waals surface area contributed by atoms with Gasteiger partial charge in [-0.05, 0) is 18.2 Å². The van der Waals surface area contributed by atoms with E-state index in [0.29, 0.717) is 0 Å². The van der Waals surface area contributed by atoms with Gasteiger partial charge in [0.2, 0.25) is 0 Å². The quantitative estimate of drug-likeness (QED) is 0.630. The second kappa shape index (κ2) is 4.28. The zero-order valence-electron chi connectivity index (χ0n) is 9.27. The van der Waals surface area contributed by atoms with E-state index in [-0.39, 0.29) is 0 Å². The van der Waals surface area contributed by atoms with Crippen molar-refractivity contribution in [2.24, 2.45) is 0 Å². The van der Waals surface area contributed by atoms with E-state index in [0.717, 1.165) is 15.0 Å². The maximum Gasteiger partial charge on any atom is 0.139 e. The van der Waals surface area contributed by atoms with Gasteiger partial charge in [-0.1, -0.05) is 45.7 Å². The molecule has 0 spiro atoms. The zero-order chi connectivity index (χ0) is 11.8. The SMILES string of the molecule is Bc1cc(Br)cc(-c2nc3ccccc3s2)c1. The van der Waals surface area contributed by atoms with Crippen molar-refractivity contribution in [3.8, 4) is 10.6 Å². The molecule has 2 aromatic carbocycles. The van der Waals surface area contributed by atoms with Gasteiger partial charge in [0.25, 0.3) is 0 Å². The molecule has 0 aliphatic rings. The Balaban J connectivity index is 2.20. The van der Waals surface area contributed by atoms with Crippen molar-refractivity contribution in [2.45, 2.75) is 0 Å². The molecule has 0 radical (unpaired) electrons. The molecule has 1 nitrogen and oxygen atoms in total. The molecule has 0 amide bonds. The summed E-state index contributed by atoms with van der Waals surface area (Å²) in [6.07, 6.45) is 0. The van der Waals surface area contributed by atoms with Crippen LogP contribution in [0.1, 0.15) is 0 Å². The summed E-state index contributed by atoms with van der Waals surface area (Å²) in [6, 6.07) is 14.6. The van der Waals surface area contributed by atoms with Gasteiger partial charge in [-0.25, -0.2) is 4.98 Å². The molecule has 4 heteroatoms. The summed E-state index contributed by atoms with van der Waals surface area (Å²) in [7, 11) is 2.10.